The number of methoxy groups -OCH3 is 2. The van der Waals surface area contributed by atoms with E-state index in [1.807, 2.05) is 13.8 Å². The van der Waals surface area contributed by atoms with Gasteiger partial charge in [0.05, 0.1) is 12.7 Å². The summed E-state index contributed by atoms with van der Waals surface area (Å²) in [5, 5.41) is 0. The van der Waals surface area contributed by atoms with E-state index < -0.39 is 0 Å². The van der Waals surface area contributed by atoms with Crippen molar-refractivity contribution >= 4 is 5.97 Å². The molecule has 0 radical (unpaired) electrons. The van der Waals surface area contributed by atoms with Crippen LogP contribution in [0, 0.1) is 0 Å². The van der Waals surface area contributed by atoms with Gasteiger partial charge < -0.3 is 9.47 Å². The highest BCUT2D eigenvalue weighted by atomic mass is 16.5. The van der Waals surface area contributed by atoms with Gasteiger partial charge in [0, 0.05) is 13.5 Å². The molecule has 0 aliphatic heterocycles. The van der Waals surface area contributed by atoms with Crippen molar-refractivity contribution in [3.8, 4) is 0 Å². The van der Waals surface area contributed by atoms with Gasteiger partial charge in [-0.15, -0.1) is 0 Å². The fourth-order valence-electron chi connectivity index (χ4n) is 0.863. The summed E-state index contributed by atoms with van der Waals surface area (Å²) in [6.45, 7) is 4.01. The van der Waals surface area contributed by atoms with Crippen molar-refractivity contribution in [2.24, 2.45) is 0 Å². The summed E-state index contributed by atoms with van der Waals surface area (Å²) < 4.78 is 9.72. The molecule has 0 aromatic rings. The molecule has 0 atom stereocenters. The van der Waals surface area contributed by atoms with E-state index in [2.05, 4.69) is 4.74 Å². The summed E-state index contributed by atoms with van der Waals surface area (Å²) >= 11 is 0. The van der Waals surface area contributed by atoms with Crippen molar-refractivity contribution in [1.29, 1.82) is 0 Å². The van der Waals surface area contributed by atoms with E-state index in [9.17, 15) is 4.79 Å². The molecule has 3 heteroatoms. The Morgan fingerprint density at radius 1 is 1.33 bits per heavy atom. The van der Waals surface area contributed by atoms with Gasteiger partial charge in [0.15, 0.2) is 0 Å². The largest absolute Gasteiger partial charge is 0.469 e. The summed E-state index contributed by atoms with van der Waals surface area (Å²) in [5.74, 6) is -0.151. The second kappa shape index (κ2) is 5.14. The Balaban J connectivity index is 3.49. The fourth-order valence-corrected chi connectivity index (χ4v) is 0.863. The molecule has 0 unspecified atom stereocenters. The highest BCUT2D eigenvalue weighted by molar-refractivity contribution is 5.68. The predicted molar refractivity (Wildman–Crippen MR) is 47.0 cm³/mol. The third kappa shape index (κ3) is 5.13. The zero-order chi connectivity index (χ0) is 9.61. The Morgan fingerprint density at radius 2 is 1.92 bits per heavy atom. The normalized spacial score (nSPS) is 11.3. The van der Waals surface area contributed by atoms with Crippen molar-refractivity contribution in [2.45, 2.75) is 38.7 Å². The molecule has 0 aliphatic rings. The number of hydrogen-bond donors (Lipinski definition) is 0. The van der Waals surface area contributed by atoms with Crippen LogP contribution >= 0.6 is 0 Å². The summed E-state index contributed by atoms with van der Waals surface area (Å²) in [6, 6.07) is 0. The van der Waals surface area contributed by atoms with Crippen molar-refractivity contribution in [3.63, 3.8) is 0 Å². The second-order valence-corrected chi connectivity index (χ2v) is 3.39. The lowest BCUT2D eigenvalue weighted by molar-refractivity contribution is -0.140. The van der Waals surface area contributed by atoms with Crippen LogP contribution in [0.4, 0.5) is 0 Å². The van der Waals surface area contributed by atoms with E-state index in [0.29, 0.717) is 6.42 Å². The molecule has 0 saturated carbocycles. The van der Waals surface area contributed by atoms with Gasteiger partial charge in [0.1, 0.15) is 0 Å². The van der Waals surface area contributed by atoms with Crippen LogP contribution in [0.3, 0.4) is 0 Å². The van der Waals surface area contributed by atoms with Gasteiger partial charge in [-0.05, 0) is 26.7 Å². The zero-order valence-corrected chi connectivity index (χ0v) is 8.35. The average Bonchev–Trinajstić information content (AvgIpc) is 2.04. The van der Waals surface area contributed by atoms with E-state index in [0.717, 1.165) is 12.8 Å². The molecule has 0 bridgehead atoms. The molecule has 0 rings (SSSR count). The van der Waals surface area contributed by atoms with Crippen LogP contribution in [0.15, 0.2) is 0 Å². The van der Waals surface area contributed by atoms with Crippen LogP contribution in [-0.4, -0.2) is 25.8 Å². The number of hydrogen-bond acceptors (Lipinski definition) is 3. The third-order valence-corrected chi connectivity index (χ3v) is 1.94. The Bertz CT molecular complexity index is 141. The molecule has 12 heavy (non-hydrogen) atoms. The summed E-state index contributed by atoms with van der Waals surface area (Å²) in [5.41, 5.74) is -0.131. The molecule has 72 valence electrons. The molecule has 0 amide bonds. The molecule has 0 aliphatic carbocycles. The van der Waals surface area contributed by atoms with Crippen molar-refractivity contribution in [1.82, 2.24) is 0 Å². The number of ether oxygens (including phenoxy) is 2. The van der Waals surface area contributed by atoms with Crippen molar-refractivity contribution in [3.05, 3.63) is 0 Å². The highest BCUT2D eigenvalue weighted by Crippen LogP contribution is 2.16. The van der Waals surface area contributed by atoms with Crippen molar-refractivity contribution < 1.29 is 14.3 Å². The summed E-state index contributed by atoms with van der Waals surface area (Å²) in [4.78, 5) is 10.7. The lowest BCUT2D eigenvalue weighted by atomic mass is 10.0. The van der Waals surface area contributed by atoms with Gasteiger partial charge in [-0.3, -0.25) is 4.79 Å². The highest BCUT2D eigenvalue weighted by Gasteiger charge is 2.16. The van der Waals surface area contributed by atoms with Crippen LogP contribution in [-0.2, 0) is 14.3 Å². The van der Waals surface area contributed by atoms with E-state index in [1.54, 1.807) is 7.11 Å². The molecular weight excluding hydrogens is 156 g/mol. The molecule has 0 aromatic heterocycles. The number of esters is 1. The van der Waals surface area contributed by atoms with E-state index in [4.69, 9.17) is 4.74 Å². The van der Waals surface area contributed by atoms with Crippen LogP contribution in [0.1, 0.15) is 33.1 Å². The van der Waals surface area contributed by atoms with Crippen LogP contribution < -0.4 is 0 Å². The smallest absolute Gasteiger partial charge is 0.305 e. The minimum Gasteiger partial charge on any atom is -0.469 e. The first-order valence-corrected chi connectivity index (χ1v) is 4.14. The monoisotopic (exact) mass is 174 g/mol. The Labute approximate surface area is 74.0 Å². The topological polar surface area (TPSA) is 35.5 Å². The molecule has 0 N–H and O–H groups in total. The Kier molecular flexibility index (Phi) is 4.90. The maximum Gasteiger partial charge on any atom is 0.305 e. The Hall–Kier alpha value is -0.570. The molecule has 0 spiro atoms. The zero-order valence-electron chi connectivity index (χ0n) is 8.35. The maximum atomic E-state index is 10.7. The number of carbonyl (C=O) groups is 1. The minimum absolute atomic E-state index is 0.131. The van der Waals surface area contributed by atoms with Gasteiger partial charge in [-0.1, -0.05) is 0 Å². The molecule has 0 saturated heterocycles. The Morgan fingerprint density at radius 3 is 2.33 bits per heavy atom. The van der Waals surface area contributed by atoms with E-state index in [1.165, 1.54) is 7.11 Å². The van der Waals surface area contributed by atoms with E-state index in [-0.39, 0.29) is 11.6 Å². The lowest BCUT2D eigenvalue weighted by Gasteiger charge is -2.22. The molecule has 0 fully saturated rings. The van der Waals surface area contributed by atoms with Gasteiger partial charge >= 0.3 is 5.97 Å². The molecule has 0 heterocycles. The van der Waals surface area contributed by atoms with Crippen LogP contribution in [0.5, 0.6) is 0 Å². The maximum absolute atomic E-state index is 10.7. The summed E-state index contributed by atoms with van der Waals surface area (Å²) in [6.07, 6.45) is 2.16. The number of carbonyl (C=O) groups excluding carboxylic acids is 1. The van der Waals surface area contributed by atoms with E-state index >= 15 is 0 Å². The van der Waals surface area contributed by atoms with Crippen molar-refractivity contribution in [2.75, 3.05) is 14.2 Å². The summed E-state index contributed by atoms with van der Waals surface area (Å²) in [7, 11) is 3.09. The van der Waals surface area contributed by atoms with Gasteiger partial charge in [0.25, 0.3) is 0 Å². The predicted octanol–water partition coefficient (Wildman–Crippen LogP) is 1.75. The first-order chi connectivity index (χ1) is 5.52. The number of rotatable bonds is 5. The van der Waals surface area contributed by atoms with Gasteiger partial charge in [-0.25, -0.2) is 0 Å². The molecule has 3 nitrogen and oxygen atoms in total. The standard InChI is InChI=1S/C9H18O3/c1-9(2,12-4)7-5-6-8(10)11-3/h5-7H2,1-4H3. The first-order valence-electron chi connectivity index (χ1n) is 4.14. The lowest BCUT2D eigenvalue weighted by Crippen LogP contribution is -2.22. The minimum atomic E-state index is -0.151. The van der Waals surface area contributed by atoms with Gasteiger partial charge in [0.2, 0.25) is 0 Å². The SMILES string of the molecule is COC(=O)CCCC(C)(C)OC. The van der Waals surface area contributed by atoms with Crippen LogP contribution in [0.2, 0.25) is 0 Å². The molecule has 0 aromatic carbocycles. The van der Waals surface area contributed by atoms with Gasteiger partial charge in [-0.2, -0.15) is 0 Å². The first kappa shape index (κ1) is 11.4. The second-order valence-electron chi connectivity index (χ2n) is 3.39. The average molecular weight is 174 g/mol. The molecular formula is C9H18O3. The third-order valence-electron chi connectivity index (χ3n) is 1.94. The quantitative estimate of drug-likeness (QED) is 0.596. The van der Waals surface area contributed by atoms with Crippen LogP contribution in [0.25, 0.3) is 0 Å². The fraction of sp³-hybridized carbons (Fsp3) is 0.889.